The van der Waals surface area contributed by atoms with Crippen molar-refractivity contribution in [3.05, 3.63) is 29.8 Å². The zero-order chi connectivity index (χ0) is 12.8. The van der Waals surface area contributed by atoms with Gasteiger partial charge >= 0.3 is 13.2 Å². The second-order valence-electron chi connectivity index (χ2n) is 2.93. The smallest absolute Gasteiger partial charge is 0.387 e. The van der Waals surface area contributed by atoms with Gasteiger partial charge in [0.05, 0.1) is 0 Å². The van der Waals surface area contributed by atoms with Crippen molar-refractivity contribution >= 4 is 6.08 Å². The molecule has 0 N–H and O–H groups in total. The normalized spacial score (nSPS) is 11.5. The van der Waals surface area contributed by atoms with Gasteiger partial charge in [-0.15, -0.1) is 0 Å². The van der Waals surface area contributed by atoms with Gasteiger partial charge in [-0.3, -0.25) is 0 Å². The van der Waals surface area contributed by atoms with E-state index in [1.165, 1.54) is 18.2 Å². The lowest BCUT2D eigenvalue weighted by Gasteiger charge is -2.09. The molecule has 0 aliphatic heterocycles. The van der Waals surface area contributed by atoms with Crippen molar-refractivity contribution in [3.8, 4) is 11.5 Å². The molecule has 1 aromatic carbocycles. The van der Waals surface area contributed by atoms with Crippen molar-refractivity contribution in [2.75, 3.05) is 0 Å². The molecule has 0 aliphatic rings. The van der Waals surface area contributed by atoms with E-state index >= 15 is 0 Å². The van der Waals surface area contributed by atoms with Crippen molar-refractivity contribution in [1.29, 1.82) is 0 Å². The molecule has 0 aromatic heterocycles. The van der Waals surface area contributed by atoms with Gasteiger partial charge in [-0.1, -0.05) is 6.08 Å². The molecule has 0 saturated heterocycles. The molecule has 93 valence electrons. The number of allylic oxidation sites excluding steroid dienone is 1. The summed E-state index contributed by atoms with van der Waals surface area (Å²) >= 11 is 0. The third-order valence-electron chi connectivity index (χ3n) is 1.66. The predicted octanol–water partition coefficient (Wildman–Crippen LogP) is 3.73. The van der Waals surface area contributed by atoms with Gasteiger partial charge in [0, 0.05) is 6.07 Å². The van der Waals surface area contributed by atoms with Crippen molar-refractivity contribution in [2.45, 2.75) is 20.1 Å². The minimum atomic E-state index is -3.03. The summed E-state index contributed by atoms with van der Waals surface area (Å²) < 4.78 is 56.2. The van der Waals surface area contributed by atoms with Crippen LogP contribution in [0.4, 0.5) is 17.6 Å². The van der Waals surface area contributed by atoms with Crippen LogP contribution in [-0.2, 0) is 0 Å². The molecule has 0 atom stereocenters. The van der Waals surface area contributed by atoms with Crippen LogP contribution in [0, 0.1) is 6.08 Å². The minimum absolute atomic E-state index is 0.250. The maximum atomic E-state index is 12.0. The number of hydrogen-bond donors (Lipinski definition) is 0. The van der Waals surface area contributed by atoms with Gasteiger partial charge in [-0.25, -0.2) is 0 Å². The quantitative estimate of drug-likeness (QED) is 0.740. The summed E-state index contributed by atoms with van der Waals surface area (Å²) in [6.45, 7) is -4.48. The van der Waals surface area contributed by atoms with Crippen LogP contribution in [0.3, 0.4) is 0 Å². The number of benzene rings is 1. The second-order valence-corrected chi connectivity index (χ2v) is 2.93. The van der Waals surface area contributed by atoms with Crippen LogP contribution in [0.25, 0.3) is 6.08 Å². The average molecular weight is 249 g/mol. The molecule has 0 amide bonds. The van der Waals surface area contributed by atoms with E-state index in [1.807, 2.05) is 0 Å². The molecule has 1 rings (SSSR count). The van der Waals surface area contributed by atoms with Crippen molar-refractivity contribution in [1.82, 2.24) is 0 Å². The summed E-state index contributed by atoms with van der Waals surface area (Å²) in [5, 5.41) is 0. The fraction of sp³-hybridized carbons (Fsp3) is 0.273. The molecule has 0 heterocycles. The van der Waals surface area contributed by atoms with Gasteiger partial charge in [0.15, 0.2) is 0 Å². The zero-order valence-corrected chi connectivity index (χ0v) is 8.79. The molecule has 0 spiro atoms. The largest absolute Gasteiger partial charge is 0.435 e. The molecule has 1 radical (unpaired) electrons. The van der Waals surface area contributed by atoms with Gasteiger partial charge in [0.1, 0.15) is 11.5 Å². The third kappa shape index (κ3) is 4.76. The fourth-order valence-electron chi connectivity index (χ4n) is 1.19. The van der Waals surface area contributed by atoms with E-state index in [0.29, 0.717) is 5.56 Å². The van der Waals surface area contributed by atoms with E-state index in [-0.39, 0.29) is 11.5 Å². The highest BCUT2D eigenvalue weighted by molar-refractivity contribution is 5.53. The van der Waals surface area contributed by atoms with Gasteiger partial charge < -0.3 is 9.47 Å². The number of rotatable bonds is 5. The first-order valence-corrected chi connectivity index (χ1v) is 4.56. The van der Waals surface area contributed by atoms with Crippen molar-refractivity contribution in [3.63, 3.8) is 0 Å². The summed E-state index contributed by atoms with van der Waals surface area (Å²) in [5.74, 6) is -0.501. The van der Waals surface area contributed by atoms with Crippen LogP contribution in [0.1, 0.15) is 12.5 Å². The topological polar surface area (TPSA) is 18.5 Å². The Balaban J connectivity index is 3.00. The number of halogens is 4. The van der Waals surface area contributed by atoms with Gasteiger partial charge in [-0.2, -0.15) is 17.6 Å². The summed E-state index contributed by atoms with van der Waals surface area (Å²) in [6, 6.07) is 3.49. The monoisotopic (exact) mass is 249 g/mol. The van der Waals surface area contributed by atoms with Crippen LogP contribution in [-0.4, -0.2) is 13.2 Å². The molecule has 0 unspecified atom stereocenters. The summed E-state index contributed by atoms with van der Waals surface area (Å²) in [4.78, 5) is 0. The highest BCUT2D eigenvalue weighted by Crippen LogP contribution is 2.26. The Morgan fingerprint density at radius 1 is 1.00 bits per heavy atom. The SMILES string of the molecule is C[C]=Cc1cc(OC(F)F)cc(OC(F)F)c1. The zero-order valence-electron chi connectivity index (χ0n) is 8.79. The Morgan fingerprint density at radius 2 is 1.47 bits per heavy atom. The van der Waals surface area contributed by atoms with E-state index in [0.717, 1.165) is 6.07 Å². The molecule has 6 heteroatoms. The first-order valence-electron chi connectivity index (χ1n) is 4.56. The van der Waals surface area contributed by atoms with E-state index in [4.69, 9.17) is 0 Å². The van der Waals surface area contributed by atoms with Gasteiger partial charge in [0.2, 0.25) is 0 Å². The highest BCUT2D eigenvalue weighted by atomic mass is 19.3. The van der Waals surface area contributed by atoms with Crippen LogP contribution in [0.15, 0.2) is 18.2 Å². The van der Waals surface area contributed by atoms with E-state index in [2.05, 4.69) is 15.5 Å². The maximum Gasteiger partial charge on any atom is 0.387 e. The van der Waals surface area contributed by atoms with Crippen LogP contribution >= 0.6 is 0 Å². The van der Waals surface area contributed by atoms with Crippen LogP contribution in [0.5, 0.6) is 11.5 Å². The Bertz CT molecular complexity index is 363. The molecule has 0 fully saturated rings. The Morgan fingerprint density at radius 3 is 1.82 bits per heavy atom. The lowest BCUT2D eigenvalue weighted by atomic mass is 10.2. The fourth-order valence-corrected chi connectivity index (χ4v) is 1.19. The number of ether oxygens (including phenoxy) is 2. The van der Waals surface area contributed by atoms with Crippen molar-refractivity contribution in [2.24, 2.45) is 0 Å². The van der Waals surface area contributed by atoms with Crippen LogP contribution in [0.2, 0.25) is 0 Å². The number of alkyl halides is 4. The Labute approximate surface area is 95.5 Å². The molecular formula is C11H9F4O2. The second kappa shape index (κ2) is 6.12. The van der Waals surface area contributed by atoms with E-state index in [1.54, 1.807) is 6.92 Å². The molecule has 17 heavy (non-hydrogen) atoms. The average Bonchev–Trinajstić information content (AvgIpc) is 2.14. The third-order valence-corrected chi connectivity index (χ3v) is 1.66. The summed E-state index contributed by atoms with van der Waals surface area (Å²) in [5.41, 5.74) is 0.376. The number of hydrogen-bond acceptors (Lipinski definition) is 2. The van der Waals surface area contributed by atoms with E-state index in [9.17, 15) is 17.6 Å². The lowest BCUT2D eigenvalue weighted by Crippen LogP contribution is -2.05. The first kappa shape index (κ1) is 13.3. The molecule has 1 aromatic rings. The minimum Gasteiger partial charge on any atom is -0.435 e. The van der Waals surface area contributed by atoms with Crippen LogP contribution < -0.4 is 9.47 Å². The van der Waals surface area contributed by atoms with Gasteiger partial charge in [0.25, 0.3) is 0 Å². The van der Waals surface area contributed by atoms with E-state index < -0.39 is 13.2 Å². The molecule has 2 nitrogen and oxygen atoms in total. The molecule has 0 bridgehead atoms. The van der Waals surface area contributed by atoms with Gasteiger partial charge in [-0.05, 0) is 30.7 Å². The lowest BCUT2D eigenvalue weighted by molar-refractivity contribution is -0.0542. The van der Waals surface area contributed by atoms with Crippen molar-refractivity contribution < 1.29 is 27.0 Å². The maximum absolute atomic E-state index is 12.0. The Hall–Kier alpha value is -1.72. The summed E-state index contributed by atoms with van der Waals surface area (Å²) in [6.07, 6.45) is 4.06. The molecular weight excluding hydrogens is 240 g/mol. The summed E-state index contributed by atoms with van der Waals surface area (Å²) in [7, 11) is 0. The highest BCUT2D eigenvalue weighted by Gasteiger charge is 2.10. The first-order chi connectivity index (χ1) is 8.01. The predicted molar refractivity (Wildman–Crippen MR) is 53.1 cm³/mol. The Kier molecular flexibility index (Phi) is 4.81. The standard InChI is InChI=1S/C11H9F4O2/c1-2-3-7-4-8(16-10(12)13)6-9(5-7)17-11(14)15/h3-6,10-11H,1H3. The molecule has 0 saturated carbocycles. The molecule has 0 aliphatic carbocycles.